The summed E-state index contributed by atoms with van der Waals surface area (Å²) in [4.78, 5) is 0. The predicted octanol–water partition coefficient (Wildman–Crippen LogP) is 0.765. The van der Waals surface area contributed by atoms with Gasteiger partial charge in [0.2, 0.25) is 5.82 Å². The van der Waals surface area contributed by atoms with E-state index < -0.39 is 0 Å². The summed E-state index contributed by atoms with van der Waals surface area (Å²) >= 11 is 0. The lowest BCUT2D eigenvalue weighted by atomic mass is 10.2. The van der Waals surface area contributed by atoms with Crippen molar-refractivity contribution in [2.45, 2.75) is 0 Å². The molecule has 0 amide bonds. The molecule has 2 rings (SSSR count). The molecule has 66 valence electrons. The molecular formula is C8H8N4O. The molecule has 0 spiro atoms. The van der Waals surface area contributed by atoms with Gasteiger partial charge in [-0.1, -0.05) is 12.1 Å². The Morgan fingerprint density at radius 1 is 1.31 bits per heavy atom. The quantitative estimate of drug-likeness (QED) is 0.497. The highest BCUT2D eigenvalue weighted by atomic mass is 16.5. The van der Waals surface area contributed by atoms with Gasteiger partial charge in [0, 0.05) is 11.3 Å². The van der Waals surface area contributed by atoms with Crippen molar-refractivity contribution in [2.75, 3.05) is 5.73 Å². The van der Waals surface area contributed by atoms with Gasteiger partial charge < -0.3 is 10.9 Å². The molecule has 0 fully saturated rings. The fourth-order valence-electron chi connectivity index (χ4n) is 1.11. The molecule has 0 unspecified atom stereocenters. The summed E-state index contributed by atoms with van der Waals surface area (Å²) in [7, 11) is 0. The minimum absolute atomic E-state index is 0.345. The van der Waals surface area contributed by atoms with Crippen molar-refractivity contribution in [2.24, 2.45) is 0 Å². The summed E-state index contributed by atoms with van der Waals surface area (Å²) in [5.41, 5.74) is 6.92. The van der Waals surface area contributed by atoms with Crippen LogP contribution in [-0.2, 0) is 0 Å². The molecular weight excluding hydrogens is 168 g/mol. The normalized spacial score (nSPS) is 10.2. The second-order valence-corrected chi connectivity index (χ2v) is 2.59. The zero-order valence-electron chi connectivity index (χ0n) is 6.75. The molecule has 5 heteroatoms. The molecule has 0 aliphatic rings. The van der Waals surface area contributed by atoms with Gasteiger partial charge in [0.25, 0.3) is 0 Å². The van der Waals surface area contributed by atoms with Crippen molar-refractivity contribution in [3.63, 3.8) is 0 Å². The van der Waals surface area contributed by atoms with E-state index in [1.54, 1.807) is 12.1 Å². The van der Waals surface area contributed by atoms with Crippen molar-refractivity contribution in [1.29, 1.82) is 0 Å². The van der Waals surface area contributed by atoms with Crippen molar-refractivity contribution in [1.82, 2.24) is 14.9 Å². The van der Waals surface area contributed by atoms with E-state index in [9.17, 15) is 5.21 Å². The highest BCUT2D eigenvalue weighted by Crippen LogP contribution is 2.21. The van der Waals surface area contributed by atoms with E-state index in [4.69, 9.17) is 5.73 Å². The van der Waals surface area contributed by atoms with Gasteiger partial charge in [-0.2, -0.15) is 4.73 Å². The topological polar surface area (TPSA) is 77.0 Å². The molecule has 0 aliphatic heterocycles. The van der Waals surface area contributed by atoms with Gasteiger partial charge in [0.05, 0.1) is 0 Å². The van der Waals surface area contributed by atoms with E-state index in [-0.39, 0.29) is 0 Å². The van der Waals surface area contributed by atoms with Crippen LogP contribution in [0, 0.1) is 0 Å². The molecule has 0 saturated heterocycles. The van der Waals surface area contributed by atoms with Crippen LogP contribution in [0.5, 0.6) is 0 Å². The number of hydrogen-bond donors (Lipinski definition) is 2. The molecule has 2 aromatic rings. The Bertz CT molecular complexity index is 424. The first kappa shape index (κ1) is 7.60. The summed E-state index contributed by atoms with van der Waals surface area (Å²) in [5.74, 6) is 0.345. The fraction of sp³-hybridized carbons (Fsp3) is 0. The molecule has 5 nitrogen and oxygen atoms in total. The molecule has 13 heavy (non-hydrogen) atoms. The first-order chi connectivity index (χ1) is 6.29. The standard InChI is InChI=1S/C8H8N4O/c9-7-4-2-1-3-6(7)8-11-10-5-12(8)13/h1-5,13H,9H2. The second-order valence-electron chi connectivity index (χ2n) is 2.59. The van der Waals surface area contributed by atoms with Crippen molar-refractivity contribution < 1.29 is 5.21 Å². The number of hydrogen-bond acceptors (Lipinski definition) is 4. The maximum atomic E-state index is 9.26. The molecule has 0 bridgehead atoms. The third kappa shape index (κ3) is 1.20. The molecule has 0 saturated carbocycles. The fourth-order valence-corrected chi connectivity index (χ4v) is 1.11. The van der Waals surface area contributed by atoms with Crippen LogP contribution in [0.3, 0.4) is 0 Å². The largest absolute Gasteiger partial charge is 0.425 e. The number of para-hydroxylation sites is 1. The zero-order valence-corrected chi connectivity index (χ0v) is 6.75. The molecule has 0 radical (unpaired) electrons. The molecule has 0 aliphatic carbocycles. The smallest absolute Gasteiger partial charge is 0.201 e. The minimum Gasteiger partial charge on any atom is -0.425 e. The van der Waals surface area contributed by atoms with Crippen LogP contribution < -0.4 is 5.73 Å². The Morgan fingerprint density at radius 2 is 2.08 bits per heavy atom. The van der Waals surface area contributed by atoms with Crippen LogP contribution >= 0.6 is 0 Å². The Balaban J connectivity index is 2.59. The molecule has 1 aromatic carbocycles. The average Bonchev–Trinajstić information content (AvgIpc) is 2.52. The van der Waals surface area contributed by atoms with E-state index >= 15 is 0 Å². The van der Waals surface area contributed by atoms with Gasteiger partial charge in [-0.3, -0.25) is 0 Å². The first-order valence-corrected chi connectivity index (χ1v) is 3.73. The predicted molar refractivity (Wildman–Crippen MR) is 47.1 cm³/mol. The lowest BCUT2D eigenvalue weighted by molar-refractivity contribution is 0.189. The van der Waals surface area contributed by atoms with E-state index in [2.05, 4.69) is 10.2 Å². The van der Waals surface area contributed by atoms with Crippen LogP contribution in [-0.4, -0.2) is 20.1 Å². The van der Waals surface area contributed by atoms with Gasteiger partial charge in [-0.25, -0.2) is 0 Å². The van der Waals surface area contributed by atoms with Gasteiger partial charge in [0.1, 0.15) is 0 Å². The average molecular weight is 176 g/mol. The van der Waals surface area contributed by atoms with Crippen LogP contribution in [0.15, 0.2) is 30.6 Å². The number of nitrogens with zero attached hydrogens (tertiary/aromatic N) is 3. The number of anilines is 1. The summed E-state index contributed by atoms with van der Waals surface area (Å²) in [6, 6.07) is 7.15. The van der Waals surface area contributed by atoms with E-state index in [0.29, 0.717) is 17.1 Å². The van der Waals surface area contributed by atoms with Crippen LogP contribution in [0.25, 0.3) is 11.4 Å². The number of rotatable bonds is 1. The summed E-state index contributed by atoms with van der Waals surface area (Å²) in [6.07, 6.45) is 1.21. The van der Waals surface area contributed by atoms with Gasteiger partial charge in [-0.05, 0) is 12.1 Å². The van der Waals surface area contributed by atoms with E-state index in [1.165, 1.54) is 6.33 Å². The molecule has 1 heterocycles. The van der Waals surface area contributed by atoms with E-state index in [1.807, 2.05) is 12.1 Å². The van der Waals surface area contributed by atoms with Crippen LogP contribution in [0.2, 0.25) is 0 Å². The Kier molecular flexibility index (Phi) is 1.63. The minimum atomic E-state index is 0.345. The SMILES string of the molecule is Nc1ccccc1-c1nncn1O. The van der Waals surface area contributed by atoms with Crippen LogP contribution in [0.4, 0.5) is 5.69 Å². The highest BCUT2D eigenvalue weighted by Gasteiger charge is 2.08. The van der Waals surface area contributed by atoms with Gasteiger partial charge in [0.15, 0.2) is 6.33 Å². The lowest BCUT2D eigenvalue weighted by Gasteiger charge is -2.01. The van der Waals surface area contributed by atoms with Gasteiger partial charge in [-0.15, -0.1) is 10.2 Å². The van der Waals surface area contributed by atoms with Crippen molar-refractivity contribution in [3.05, 3.63) is 30.6 Å². The molecule has 3 N–H and O–H groups in total. The molecule has 1 aromatic heterocycles. The third-order valence-corrected chi connectivity index (χ3v) is 1.73. The maximum absolute atomic E-state index is 9.26. The second kappa shape index (κ2) is 2.78. The highest BCUT2D eigenvalue weighted by molar-refractivity contribution is 5.70. The summed E-state index contributed by atoms with van der Waals surface area (Å²) in [6.45, 7) is 0. The monoisotopic (exact) mass is 176 g/mol. The van der Waals surface area contributed by atoms with E-state index in [0.717, 1.165) is 4.73 Å². The number of benzene rings is 1. The number of nitrogen functional groups attached to an aromatic ring is 1. The third-order valence-electron chi connectivity index (χ3n) is 1.73. The summed E-state index contributed by atoms with van der Waals surface area (Å²) in [5, 5.41) is 16.5. The first-order valence-electron chi connectivity index (χ1n) is 3.73. The van der Waals surface area contributed by atoms with Crippen molar-refractivity contribution >= 4 is 5.69 Å². The molecule has 0 atom stereocenters. The Labute approximate surface area is 74.4 Å². The van der Waals surface area contributed by atoms with Gasteiger partial charge >= 0.3 is 0 Å². The van der Waals surface area contributed by atoms with Crippen LogP contribution in [0.1, 0.15) is 0 Å². The zero-order chi connectivity index (χ0) is 9.26. The summed E-state index contributed by atoms with van der Waals surface area (Å²) < 4.78 is 0.839. The lowest BCUT2D eigenvalue weighted by Crippen LogP contribution is -1.96. The maximum Gasteiger partial charge on any atom is 0.201 e. The number of nitrogens with two attached hydrogens (primary N) is 1. The number of aromatic nitrogens is 3. The Hall–Kier alpha value is -2.04. The van der Waals surface area contributed by atoms with Crippen molar-refractivity contribution in [3.8, 4) is 11.4 Å². The Morgan fingerprint density at radius 3 is 2.69 bits per heavy atom.